The van der Waals surface area contributed by atoms with E-state index in [9.17, 15) is 4.79 Å². The number of aromatic nitrogens is 3. The van der Waals surface area contributed by atoms with E-state index >= 15 is 0 Å². The van der Waals surface area contributed by atoms with Crippen molar-refractivity contribution in [1.29, 1.82) is 0 Å². The molecule has 0 atom stereocenters. The van der Waals surface area contributed by atoms with Gasteiger partial charge in [-0.15, -0.1) is 10.2 Å². The van der Waals surface area contributed by atoms with Gasteiger partial charge in [-0.1, -0.05) is 25.7 Å². The maximum atomic E-state index is 12.1. The lowest BCUT2D eigenvalue weighted by atomic mass is 10.0. The van der Waals surface area contributed by atoms with Crippen molar-refractivity contribution >= 4 is 11.6 Å². The van der Waals surface area contributed by atoms with Gasteiger partial charge in [-0.25, -0.2) is 0 Å². The van der Waals surface area contributed by atoms with Gasteiger partial charge < -0.3 is 14.6 Å². The van der Waals surface area contributed by atoms with Crippen LogP contribution < -0.4 is 10.1 Å². The highest BCUT2D eigenvalue weighted by molar-refractivity contribution is 5.90. The molecule has 0 unspecified atom stereocenters. The summed E-state index contributed by atoms with van der Waals surface area (Å²) in [7, 11) is 0. The number of benzene rings is 1. The first-order valence-electron chi connectivity index (χ1n) is 9.81. The van der Waals surface area contributed by atoms with Crippen molar-refractivity contribution in [1.82, 2.24) is 14.8 Å². The minimum Gasteiger partial charge on any atom is -0.438 e. The quantitative estimate of drug-likeness (QED) is 0.632. The third-order valence-electron chi connectivity index (χ3n) is 5.11. The molecule has 0 spiro atoms. The van der Waals surface area contributed by atoms with Crippen LogP contribution in [0.4, 0.5) is 5.69 Å². The lowest BCUT2D eigenvalue weighted by Crippen LogP contribution is -2.12. The van der Waals surface area contributed by atoms with E-state index < -0.39 is 0 Å². The summed E-state index contributed by atoms with van der Waals surface area (Å²) in [4.78, 5) is 12.1. The largest absolute Gasteiger partial charge is 0.438 e. The molecule has 0 saturated heterocycles. The first-order chi connectivity index (χ1) is 13.8. The van der Waals surface area contributed by atoms with Crippen LogP contribution in [-0.2, 0) is 4.79 Å². The van der Waals surface area contributed by atoms with Crippen LogP contribution in [0, 0.1) is 5.92 Å². The molecule has 1 fully saturated rings. The van der Waals surface area contributed by atoms with Gasteiger partial charge in [-0.2, -0.15) is 0 Å². The van der Waals surface area contributed by atoms with E-state index in [0.717, 1.165) is 23.8 Å². The van der Waals surface area contributed by atoms with Crippen molar-refractivity contribution in [3.63, 3.8) is 0 Å². The number of amides is 1. The maximum Gasteiger partial charge on any atom is 0.238 e. The van der Waals surface area contributed by atoms with Crippen molar-refractivity contribution in [2.24, 2.45) is 5.92 Å². The van der Waals surface area contributed by atoms with E-state index in [1.165, 1.54) is 25.7 Å². The second kappa shape index (κ2) is 8.69. The molecule has 144 valence electrons. The Morgan fingerprint density at radius 2 is 1.79 bits per heavy atom. The third-order valence-corrected chi connectivity index (χ3v) is 5.11. The monoisotopic (exact) mass is 376 g/mol. The van der Waals surface area contributed by atoms with Crippen molar-refractivity contribution in [3.05, 3.63) is 60.9 Å². The molecule has 6 heteroatoms. The number of hydrogen-bond donors (Lipinski definition) is 1. The lowest BCUT2D eigenvalue weighted by Gasteiger charge is -2.10. The first kappa shape index (κ1) is 18.2. The van der Waals surface area contributed by atoms with Crippen LogP contribution in [0.3, 0.4) is 0 Å². The number of nitrogens with one attached hydrogen (secondary N) is 1. The number of carbonyl (C=O) groups is 1. The second-order valence-corrected chi connectivity index (χ2v) is 7.18. The Hall–Kier alpha value is -3.15. The van der Waals surface area contributed by atoms with Crippen LogP contribution >= 0.6 is 0 Å². The summed E-state index contributed by atoms with van der Waals surface area (Å²) >= 11 is 0. The lowest BCUT2D eigenvalue weighted by molar-refractivity contribution is -0.116. The summed E-state index contributed by atoms with van der Waals surface area (Å²) in [5, 5.41) is 11.2. The molecule has 1 aliphatic rings. The van der Waals surface area contributed by atoms with Crippen LogP contribution in [0.2, 0.25) is 0 Å². The first-order valence-corrected chi connectivity index (χ1v) is 9.81. The van der Waals surface area contributed by atoms with Crippen LogP contribution in [-0.4, -0.2) is 20.7 Å². The smallest absolute Gasteiger partial charge is 0.238 e. The predicted molar refractivity (Wildman–Crippen MR) is 108 cm³/mol. The summed E-state index contributed by atoms with van der Waals surface area (Å²) in [5.41, 5.74) is 0.776. The van der Waals surface area contributed by atoms with Gasteiger partial charge in [-0.05, 0) is 54.8 Å². The highest BCUT2D eigenvalue weighted by Gasteiger charge is 2.16. The SMILES string of the molecule is O=C(CCC1CCCC1)Nc1ccc(Oc2ccc(-n3cccc3)nn2)cc1. The zero-order chi connectivity index (χ0) is 19.2. The van der Waals surface area contributed by atoms with Crippen LogP contribution in [0.1, 0.15) is 38.5 Å². The van der Waals surface area contributed by atoms with E-state index in [1.54, 1.807) is 6.07 Å². The number of carbonyl (C=O) groups excluding carboxylic acids is 1. The molecule has 1 N–H and O–H groups in total. The Morgan fingerprint density at radius 1 is 1.04 bits per heavy atom. The molecule has 0 radical (unpaired) electrons. The zero-order valence-corrected chi connectivity index (χ0v) is 15.8. The fourth-order valence-corrected chi connectivity index (χ4v) is 3.58. The van der Waals surface area contributed by atoms with E-state index in [1.807, 2.05) is 59.4 Å². The van der Waals surface area contributed by atoms with Gasteiger partial charge in [0.25, 0.3) is 0 Å². The summed E-state index contributed by atoms with van der Waals surface area (Å²) in [6.07, 6.45) is 10.6. The Labute approximate surface area is 164 Å². The van der Waals surface area contributed by atoms with Crippen molar-refractivity contribution in [2.75, 3.05) is 5.32 Å². The molecule has 4 rings (SSSR count). The average molecular weight is 376 g/mol. The molecule has 1 aromatic carbocycles. The van der Waals surface area contributed by atoms with Gasteiger partial charge in [0.1, 0.15) is 5.75 Å². The van der Waals surface area contributed by atoms with E-state index in [4.69, 9.17) is 4.74 Å². The maximum absolute atomic E-state index is 12.1. The Bertz CT molecular complexity index is 883. The normalized spacial score (nSPS) is 14.1. The molecule has 1 amide bonds. The highest BCUT2D eigenvalue weighted by Crippen LogP contribution is 2.28. The van der Waals surface area contributed by atoms with Gasteiger partial charge in [0, 0.05) is 30.6 Å². The van der Waals surface area contributed by atoms with E-state index in [0.29, 0.717) is 18.1 Å². The highest BCUT2D eigenvalue weighted by atomic mass is 16.5. The second-order valence-electron chi connectivity index (χ2n) is 7.18. The van der Waals surface area contributed by atoms with Gasteiger partial charge in [0.05, 0.1) is 0 Å². The molecule has 1 saturated carbocycles. The third kappa shape index (κ3) is 4.76. The van der Waals surface area contributed by atoms with Gasteiger partial charge in [0.2, 0.25) is 11.8 Å². The number of rotatable bonds is 7. The topological polar surface area (TPSA) is 69.0 Å². The van der Waals surface area contributed by atoms with Crippen molar-refractivity contribution in [3.8, 4) is 17.4 Å². The summed E-state index contributed by atoms with van der Waals surface area (Å²) in [6.45, 7) is 0. The van der Waals surface area contributed by atoms with Gasteiger partial charge >= 0.3 is 0 Å². The van der Waals surface area contributed by atoms with Crippen LogP contribution in [0.25, 0.3) is 5.82 Å². The molecule has 3 aromatic rings. The fourth-order valence-electron chi connectivity index (χ4n) is 3.58. The molecule has 0 bridgehead atoms. The van der Waals surface area contributed by atoms with Crippen LogP contribution in [0.5, 0.6) is 11.6 Å². The number of hydrogen-bond acceptors (Lipinski definition) is 4. The van der Waals surface area contributed by atoms with Gasteiger partial charge in [-0.3, -0.25) is 4.79 Å². The molecule has 0 aliphatic heterocycles. The zero-order valence-electron chi connectivity index (χ0n) is 15.8. The molecule has 6 nitrogen and oxygen atoms in total. The Morgan fingerprint density at radius 3 is 2.46 bits per heavy atom. The van der Waals surface area contributed by atoms with Crippen LogP contribution in [0.15, 0.2) is 60.9 Å². The minimum absolute atomic E-state index is 0.0760. The van der Waals surface area contributed by atoms with E-state index in [-0.39, 0.29) is 5.91 Å². The average Bonchev–Trinajstić information content (AvgIpc) is 3.43. The summed E-state index contributed by atoms with van der Waals surface area (Å²) in [5.74, 6) is 2.60. The molecule has 2 aromatic heterocycles. The molecular formula is C22H24N4O2. The van der Waals surface area contributed by atoms with Gasteiger partial charge in [0.15, 0.2) is 5.82 Å². The Balaban J connectivity index is 1.28. The standard InChI is InChI=1S/C22H24N4O2/c27-21(13-7-17-5-1-2-6-17)23-18-8-10-19(11-9-18)28-22-14-12-20(24-25-22)26-15-3-4-16-26/h3-4,8-12,14-17H,1-2,5-7,13H2,(H,23,27). The number of nitrogens with zero attached hydrogens (tertiary/aromatic N) is 3. The molecular weight excluding hydrogens is 352 g/mol. The van der Waals surface area contributed by atoms with E-state index in [2.05, 4.69) is 15.5 Å². The fraction of sp³-hybridized carbons (Fsp3) is 0.318. The number of anilines is 1. The molecule has 1 aliphatic carbocycles. The van der Waals surface area contributed by atoms with Crippen molar-refractivity contribution < 1.29 is 9.53 Å². The van der Waals surface area contributed by atoms with Crippen molar-refractivity contribution in [2.45, 2.75) is 38.5 Å². The minimum atomic E-state index is 0.0760. The summed E-state index contributed by atoms with van der Waals surface area (Å²) in [6, 6.07) is 14.8. The predicted octanol–water partition coefficient (Wildman–Crippen LogP) is 4.97. The Kier molecular flexibility index (Phi) is 5.66. The summed E-state index contributed by atoms with van der Waals surface area (Å²) < 4.78 is 7.61. The molecule has 28 heavy (non-hydrogen) atoms. The number of ether oxygens (including phenoxy) is 1. The molecule has 2 heterocycles.